The Morgan fingerprint density at radius 3 is 2.72 bits per heavy atom. The quantitative estimate of drug-likeness (QED) is 0.727. The van der Waals surface area contributed by atoms with E-state index in [1.54, 1.807) is 13.2 Å². The number of hydrogen-bond acceptors (Lipinski definition) is 7. The van der Waals surface area contributed by atoms with E-state index >= 15 is 0 Å². The number of pyridine rings is 1. The highest BCUT2D eigenvalue weighted by molar-refractivity contribution is 7.91. The molecule has 0 fully saturated rings. The molecule has 0 bridgehead atoms. The van der Waals surface area contributed by atoms with Crippen molar-refractivity contribution in [2.45, 2.75) is 5.25 Å². The first-order valence-corrected chi connectivity index (χ1v) is 9.95. The van der Waals surface area contributed by atoms with Crippen molar-refractivity contribution < 1.29 is 17.9 Å². The fourth-order valence-corrected chi connectivity index (χ4v) is 4.62. The van der Waals surface area contributed by atoms with Gasteiger partial charge < -0.3 is 10.5 Å². The molecule has 0 radical (unpaired) electrons. The highest BCUT2D eigenvalue weighted by atomic mass is 32.2. The van der Waals surface area contributed by atoms with Crippen LogP contribution >= 0.6 is 11.3 Å². The Balaban J connectivity index is 2.20. The minimum absolute atomic E-state index is 0.274. The Bertz CT molecular complexity index is 1060. The van der Waals surface area contributed by atoms with Gasteiger partial charge in [0.1, 0.15) is 10.8 Å². The summed E-state index contributed by atoms with van der Waals surface area (Å²) in [6.07, 6.45) is 3.90. The number of hydrogen-bond donors (Lipinski definition) is 1. The monoisotopic (exact) mass is 377 g/mol. The molecule has 0 saturated carbocycles. The zero-order valence-corrected chi connectivity index (χ0v) is 15.1. The van der Waals surface area contributed by atoms with Crippen LogP contribution in [-0.4, -0.2) is 37.7 Å². The molecule has 3 rings (SSSR count). The van der Waals surface area contributed by atoms with Crippen LogP contribution in [0.5, 0.6) is 5.75 Å². The van der Waals surface area contributed by atoms with Gasteiger partial charge in [-0.25, -0.2) is 13.4 Å². The lowest BCUT2D eigenvalue weighted by molar-refractivity contribution is -0.117. The predicted octanol–water partition coefficient (Wildman–Crippen LogP) is 1.94. The van der Waals surface area contributed by atoms with Gasteiger partial charge in [0.15, 0.2) is 15.1 Å². The number of carbonyl (C=O) groups is 1. The number of carbonyl (C=O) groups excluding carboxylic acids is 1. The minimum Gasteiger partial charge on any atom is -0.497 e. The van der Waals surface area contributed by atoms with Gasteiger partial charge in [-0.1, -0.05) is 0 Å². The lowest BCUT2D eigenvalue weighted by Gasteiger charge is -2.14. The highest BCUT2D eigenvalue weighted by Gasteiger charge is 2.31. The number of primary amides is 1. The van der Waals surface area contributed by atoms with Gasteiger partial charge in [-0.05, 0) is 23.8 Å². The van der Waals surface area contributed by atoms with Gasteiger partial charge in [-0.3, -0.25) is 9.78 Å². The van der Waals surface area contributed by atoms with E-state index < -0.39 is 21.0 Å². The maximum atomic E-state index is 12.1. The number of methoxy groups -OCH3 is 1. The first-order valence-electron chi connectivity index (χ1n) is 7.18. The SMILES string of the molecule is COc1ccc2sc(-c3cnccc3C(C(N)=O)S(C)(=O)=O)nc2c1. The smallest absolute Gasteiger partial charge is 0.240 e. The predicted molar refractivity (Wildman–Crippen MR) is 96.2 cm³/mol. The fraction of sp³-hybridized carbons (Fsp3) is 0.188. The van der Waals surface area contributed by atoms with E-state index in [2.05, 4.69) is 9.97 Å². The van der Waals surface area contributed by atoms with Crippen LogP contribution < -0.4 is 10.5 Å². The highest BCUT2D eigenvalue weighted by Crippen LogP contribution is 2.36. The summed E-state index contributed by atoms with van der Waals surface area (Å²) in [5.41, 5.74) is 6.80. The maximum Gasteiger partial charge on any atom is 0.240 e. The van der Waals surface area contributed by atoms with Crippen LogP contribution in [-0.2, 0) is 14.6 Å². The number of ether oxygens (including phenoxy) is 1. The maximum absolute atomic E-state index is 12.1. The van der Waals surface area contributed by atoms with Gasteiger partial charge in [0.25, 0.3) is 0 Å². The van der Waals surface area contributed by atoms with E-state index in [4.69, 9.17) is 10.5 Å². The number of benzene rings is 1. The topological polar surface area (TPSA) is 112 Å². The van der Waals surface area contributed by atoms with Crippen LogP contribution in [0.3, 0.4) is 0 Å². The molecule has 0 aliphatic rings. The molecule has 0 saturated heterocycles. The van der Waals surface area contributed by atoms with Crippen molar-refractivity contribution in [3.8, 4) is 16.3 Å². The number of aromatic nitrogens is 2. The van der Waals surface area contributed by atoms with Gasteiger partial charge >= 0.3 is 0 Å². The van der Waals surface area contributed by atoms with Gasteiger partial charge in [-0.15, -0.1) is 11.3 Å². The third-order valence-corrected chi connectivity index (χ3v) is 6.06. The van der Waals surface area contributed by atoms with E-state index in [1.165, 1.54) is 29.8 Å². The molecule has 7 nitrogen and oxygen atoms in total. The van der Waals surface area contributed by atoms with Crippen molar-refractivity contribution in [1.82, 2.24) is 9.97 Å². The van der Waals surface area contributed by atoms with Crippen molar-refractivity contribution >= 4 is 37.3 Å². The van der Waals surface area contributed by atoms with Gasteiger partial charge in [0.2, 0.25) is 5.91 Å². The third kappa shape index (κ3) is 3.33. The Morgan fingerprint density at radius 1 is 1.32 bits per heavy atom. The van der Waals surface area contributed by atoms with E-state index in [9.17, 15) is 13.2 Å². The summed E-state index contributed by atoms with van der Waals surface area (Å²) in [4.78, 5) is 20.3. The van der Waals surface area contributed by atoms with Gasteiger partial charge in [0.05, 0.1) is 17.3 Å². The van der Waals surface area contributed by atoms with Crippen molar-refractivity contribution in [1.29, 1.82) is 0 Å². The van der Waals surface area contributed by atoms with E-state index in [0.717, 1.165) is 11.0 Å². The van der Waals surface area contributed by atoms with Crippen LogP contribution in [0.2, 0.25) is 0 Å². The van der Waals surface area contributed by atoms with Gasteiger partial charge in [-0.2, -0.15) is 0 Å². The Kier molecular flexibility index (Phi) is 4.44. The molecule has 130 valence electrons. The van der Waals surface area contributed by atoms with Crippen LogP contribution in [0.25, 0.3) is 20.8 Å². The van der Waals surface area contributed by atoms with E-state index in [-0.39, 0.29) is 5.56 Å². The molecule has 3 aromatic rings. The number of rotatable bonds is 5. The van der Waals surface area contributed by atoms with Crippen LogP contribution in [0, 0.1) is 0 Å². The molecule has 2 heterocycles. The molecular formula is C16H15N3O4S2. The first kappa shape index (κ1) is 17.3. The van der Waals surface area contributed by atoms with Crippen molar-refractivity contribution in [3.05, 3.63) is 42.2 Å². The summed E-state index contributed by atoms with van der Waals surface area (Å²) in [5, 5.41) is -0.895. The Hall–Kier alpha value is -2.52. The summed E-state index contributed by atoms with van der Waals surface area (Å²) in [5.74, 6) is -0.264. The second-order valence-electron chi connectivity index (χ2n) is 5.43. The van der Waals surface area contributed by atoms with Crippen LogP contribution in [0.15, 0.2) is 36.7 Å². The molecule has 0 spiro atoms. The molecule has 1 aromatic carbocycles. The van der Waals surface area contributed by atoms with Crippen LogP contribution in [0.1, 0.15) is 10.8 Å². The fourth-order valence-electron chi connectivity index (χ4n) is 2.56. The largest absolute Gasteiger partial charge is 0.497 e. The van der Waals surface area contributed by atoms with Crippen molar-refractivity contribution in [2.75, 3.05) is 13.4 Å². The first-order chi connectivity index (χ1) is 11.8. The molecule has 25 heavy (non-hydrogen) atoms. The Morgan fingerprint density at radius 2 is 2.08 bits per heavy atom. The second kappa shape index (κ2) is 6.41. The average Bonchev–Trinajstić information content (AvgIpc) is 2.96. The molecule has 1 amide bonds. The zero-order chi connectivity index (χ0) is 18.2. The third-order valence-electron chi connectivity index (χ3n) is 3.65. The number of fused-ring (bicyclic) bond motifs is 1. The standard InChI is InChI=1S/C16H15N3O4S2/c1-23-9-3-4-13-12(7-9)19-16(24-13)11-8-18-6-5-10(11)14(15(17)20)25(2,21)22/h3-8,14H,1-2H3,(H2,17,20). The number of nitrogens with two attached hydrogens (primary N) is 1. The molecule has 1 atom stereocenters. The minimum atomic E-state index is -3.73. The second-order valence-corrected chi connectivity index (χ2v) is 8.59. The molecule has 0 aliphatic heterocycles. The number of amides is 1. The molecule has 2 aromatic heterocycles. The van der Waals surface area contributed by atoms with Crippen molar-refractivity contribution in [3.63, 3.8) is 0 Å². The molecule has 9 heteroatoms. The number of thiazole rings is 1. The van der Waals surface area contributed by atoms with Crippen molar-refractivity contribution in [2.24, 2.45) is 5.73 Å². The molecule has 0 aliphatic carbocycles. The summed E-state index contributed by atoms with van der Waals surface area (Å²) >= 11 is 1.37. The van der Waals surface area contributed by atoms with E-state index in [1.807, 2.05) is 12.1 Å². The summed E-state index contributed by atoms with van der Waals surface area (Å²) in [7, 11) is -2.17. The number of nitrogens with zero attached hydrogens (tertiary/aromatic N) is 2. The van der Waals surface area contributed by atoms with E-state index in [0.29, 0.717) is 21.8 Å². The average molecular weight is 377 g/mol. The lowest BCUT2D eigenvalue weighted by atomic mass is 10.1. The molecule has 2 N–H and O–H groups in total. The summed E-state index contributed by atoms with van der Waals surface area (Å²) in [6, 6.07) is 6.95. The molecule has 1 unspecified atom stereocenters. The van der Waals surface area contributed by atoms with Gasteiger partial charge in [0, 0.05) is 30.3 Å². The number of sulfone groups is 1. The summed E-state index contributed by atoms with van der Waals surface area (Å²) < 4.78 is 30.2. The van der Waals surface area contributed by atoms with Crippen LogP contribution in [0.4, 0.5) is 0 Å². The Labute approximate surface area is 148 Å². The zero-order valence-electron chi connectivity index (χ0n) is 13.5. The normalized spacial score (nSPS) is 12.9. The summed E-state index contributed by atoms with van der Waals surface area (Å²) in [6.45, 7) is 0. The lowest BCUT2D eigenvalue weighted by Crippen LogP contribution is -2.28. The molecular weight excluding hydrogens is 362 g/mol.